The lowest BCUT2D eigenvalue weighted by atomic mass is 9.91. The number of carboxylic acids is 1. The maximum absolute atomic E-state index is 10.6. The van der Waals surface area contributed by atoms with Gasteiger partial charge in [0, 0.05) is 5.41 Å². The number of nitrogen functional groups attached to an aromatic ring is 1. The molecule has 0 radical (unpaired) electrons. The fourth-order valence-corrected chi connectivity index (χ4v) is 2.92. The van der Waals surface area contributed by atoms with Gasteiger partial charge in [0.2, 0.25) is 5.16 Å². The van der Waals surface area contributed by atoms with E-state index in [0.717, 1.165) is 22.3 Å². The minimum atomic E-state index is -0.936. The minimum Gasteiger partial charge on any atom is -0.481 e. The molecule has 0 fully saturated rings. The van der Waals surface area contributed by atoms with Crippen molar-refractivity contribution >= 4 is 29.3 Å². The smallest absolute Gasteiger partial charge is 0.313 e. The van der Waals surface area contributed by atoms with Crippen LogP contribution in [0.3, 0.4) is 0 Å². The Bertz CT molecular complexity index is 630. The summed E-state index contributed by atoms with van der Waals surface area (Å²) in [7, 11) is 0. The zero-order valence-corrected chi connectivity index (χ0v) is 12.8. The molecule has 2 aromatic rings. The third kappa shape index (κ3) is 2.90. The Hall–Kier alpha value is -1.68. The Morgan fingerprint density at radius 1 is 1.40 bits per heavy atom. The van der Waals surface area contributed by atoms with Gasteiger partial charge < -0.3 is 10.9 Å². The Morgan fingerprint density at radius 3 is 2.70 bits per heavy atom. The van der Waals surface area contributed by atoms with Crippen LogP contribution in [0.4, 0.5) is 0 Å². The monoisotopic (exact) mass is 314 g/mol. The molecule has 2 rings (SSSR count). The molecule has 0 aromatic carbocycles. The summed E-state index contributed by atoms with van der Waals surface area (Å²) < 4.78 is 5.22. The number of nitrogens with zero attached hydrogens (tertiary/aromatic N) is 5. The van der Waals surface area contributed by atoms with E-state index < -0.39 is 5.97 Å². The van der Waals surface area contributed by atoms with Gasteiger partial charge >= 0.3 is 5.97 Å². The van der Waals surface area contributed by atoms with Crippen molar-refractivity contribution < 1.29 is 9.90 Å². The second kappa shape index (κ2) is 5.37. The van der Waals surface area contributed by atoms with Crippen LogP contribution in [0.15, 0.2) is 5.16 Å². The third-order valence-corrected chi connectivity index (χ3v) is 4.04. The predicted molar refractivity (Wildman–Crippen MR) is 76.1 cm³/mol. The lowest BCUT2D eigenvalue weighted by Crippen LogP contribution is -2.16. The van der Waals surface area contributed by atoms with Crippen LogP contribution in [0.25, 0.3) is 10.7 Å². The number of carbonyl (C=O) groups is 1. The number of nitrogens with two attached hydrogens (primary N) is 1. The van der Waals surface area contributed by atoms with E-state index in [1.54, 1.807) is 0 Å². The maximum Gasteiger partial charge on any atom is 0.313 e. The molecule has 0 spiro atoms. The fraction of sp³-hybridized carbons (Fsp3) is 0.500. The summed E-state index contributed by atoms with van der Waals surface area (Å²) in [6.45, 7) is 6.06. The molecule has 0 amide bonds. The van der Waals surface area contributed by atoms with Crippen LogP contribution in [0.5, 0.6) is 0 Å². The standard InChI is InChI=1S/C10H14N6O2S2/c1-10(2,3)7-6(20-15-12-7)8-13-14-9(16(8)11)19-4-5(17)18/h4,11H2,1-3H3,(H,17,18). The zero-order chi connectivity index (χ0) is 14.9. The van der Waals surface area contributed by atoms with Crippen molar-refractivity contribution in [1.82, 2.24) is 24.5 Å². The van der Waals surface area contributed by atoms with E-state index >= 15 is 0 Å². The molecule has 0 aliphatic rings. The van der Waals surface area contributed by atoms with Crippen LogP contribution in [-0.2, 0) is 10.2 Å². The summed E-state index contributed by atoms with van der Waals surface area (Å²) in [6, 6.07) is 0. The minimum absolute atomic E-state index is 0.123. The van der Waals surface area contributed by atoms with Gasteiger partial charge in [-0.25, -0.2) is 4.68 Å². The molecule has 3 N–H and O–H groups in total. The highest BCUT2D eigenvalue weighted by molar-refractivity contribution is 7.99. The number of carboxylic acid groups (broad SMARTS) is 1. The van der Waals surface area contributed by atoms with Gasteiger partial charge in [0.05, 0.1) is 11.4 Å². The summed E-state index contributed by atoms with van der Waals surface area (Å²) >= 11 is 2.21. The van der Waals surface area contributed by atoms with Crippen molar-refractivity contribution in [3.8, 4) is 10.7 Å². The fourth-order valence-electron chi connectivity index (χ4n) is 1.48. The molecule has 10 heteroatoms. The summed E-state index contributed by atoms with van der Waals surface area (Å²) in [5.41, 5.74) is 0.597. The second-order valence-corrected chi connectivity index (χ2v) is 6.76. The molecule has 2 aromatic heterocycles. The average molecular weight is 314 g/mol. The highest BCUT2D eigenvalue weighted by atomic mass is 32.2. The maximum atomic E-state index is 10.6. The van der Waals surface area contributed by atoms with E-state index in [9.17, 15) is 4.79 Å². The summed E-state index contributed by atoms with van der Waals surface area (Å²) in [5, 5.41) is 21.1. The van der Waals surface area contributed by atoms with Crippen LogP contribution >= 0.6 is 23.3 Å². The first kappa shape index (κ1) is 14.7. The van der Waals surface area contributed by atoms with Gasteiger partial charge in [-0.05, 0) is 11.5 Å². The number of hydrogen-bond donors (Lipinski definition) is 2. The molecule has 0 saturated heterocycles. The van der Waals surface area contributed by atoms with Crippen LogP contribution in [0.2, 0.25) is 0 Å². The first-order valence-corrected chi connectivity index (χ1v) is 7.45. The topological polar surface area (TPSA) is 120 Å². The summed E-state index contributed by atoms with van der Waals surface area (Å²) in [5.74, 6) is 5.31. The SMILES string of the molecule is CC(C)(C)c1nnsc1-c1nnc(SCC(=O)O)n1N. The van der Waals surface area contributed by atoms with Crippen LogP contribution in [0, 0.1) is 0 Å². The molecule has 0 aliphatic heterocycles. The molecule has 108 valence electrons. The Morgan fingerprint density at radius 2 is 2.10 bits per heavy atom. The quantitative estimate of drug-likeness (QED) is 0.633. The number of aliphatic carboxylic acids is 1. The van der Waals surface area contributed by atoms with Gasteiger partial charge in [-0.2, -0.15) is 0 Å². The van der Waals surface area contributed by atoms with Crippen molar-refractivity contribution in [2.75, 3.05) is 11.6 Å². The van der Waals surface area contributed by atoms with E-state index in [4.69, 9.17) is 10.9 Å². The van der Waals surface area contributed by atoms with Crippen molar-refractivity contribution in [2.45, 2.75) is 31.3 Å². The molecule has 2 heterocycles. The van der Waals surface area contributed by atoms with E-state index in [-0.39, 0.29) is 11.2 Å². The Kier molecular flexibility index (Phi) is 3.95. The van der Waals surface area contributed by atoms with E-state index in [0.29, 0.717) is 11.0 Å². The highest BCUT2D eigenvalue weighted by Crippen LogP contribution is 2.33. The van der Waals surface area contributed by atoms with Crippen molar-refractivity contribution in [2.24, 2.45) is 0 Å². The highest BCUT2D eigenvalue weighted by Gasteiger charge is 2.26. The lowest BCUT2D eigenvalue weighted by molar-refractivity contribution is -0.133. The number of hydrogen-bond acceptors (Lipinski definition) is 8. The van der Waals surface area contributed by atoms with E-state index in [1.165, 1.54) is 16.2 Å². The van der Waals surface area contributed by atoms with Crippen molar-refractivity contribution in [3.05, 3.63) is 5.69 Å². The van der Waals surface area contributed by atoms with Crippen LogP contribution < -0.4 is 5.84 Å². The van der Waals surface area contributed by atoms with E-state index in [1.807, 2.05) is 20.8 Å². The first-order valence-electron chi connectivity index (χ1n) is 5.69. The molecule has 8 nitrogen and oxygen atoms in total. The van der Waals surface area contributed by atoms with Gasteiger partial charge in [0.1, 0.15) is 4.88 Å². The first-order chi connectivity index (χ1) is 9.30. The van der Waals surface area contributed by atoms with Crippen molar-refractivity contribution in [3.63, 3.8) is 0 Å². The summed E-state index contributed by atoms with van der Waals surface area (Å²) in [6.07, 6.45) is 0. The zero-order valence-electron chi connectivity index (χ0n) is 11.2. The number of aromatic nitrogens is 5. The predicted octanol–water partition coefficient (Wildman–Crippen LogP) is 0.985. The summed E-state index contributed by atoms with van der Waals surface area (Å²) in [4.78, 5) is 11.3. The molecule has 0 aliphatic carbocycles. The molecule has 0 bridgehead atoms. The van der Waals surface area contributed by atoms with Gasteiger partial charge in [0.25, 0.3) is 0 Å². The van der Waals surface area contributed by atoms with Gasteiger partial charge in [0.15, 0.2) is 5.82 Å². The van der Waals surface area contributed by atoms with Crippen molar-refractivity contribution in [1.29, 1.82) is 0 Å². The number of thioether (sulfide) groups is 1. The second-order valence-electron chi connectivity index (χ2n) is 5.06. The third-order valence-electron chi connectivity index (χ3n) is 2.39. The van der Waals surface area contributed by atoms with Gasteiger partial charge in [-0.15, -0.1) is 15.3 Å². The van der Waals surface area contributed by atoms with Crippen LogP contribution in [-0.4, -0.2) is 41.3 Å². The van der Waals surface area contributed by atoms with Crippen LogP contribution in [0.1, 0.15) is 26.5 Å². The number of rotatable bonds is 4. The molecular formula is C10H14N6O2S2. The molecule has 0 atom stereocenters. The lowest BCUT2D eigenvalue weighted by Gasteiger charge is -2.15. The van der Waals surface area contributed by atoms with E-state index in [2.05, 4.69) is 19.8 Å². The van der Waals surface area contributed by atoms with Gasteiger partial charge in [-0.1, -0.05) is 37.0 Å². The Balaban J connectivity index is 2.35. The molecular weight excluding hydrogens is 300 g/mol. The molecule has 20 heavy (non-hydrogen) atoms. The van der Waals surface area contributed by atoms with Gasteiger partial charge in [-0.3, -0.25) is 4.79 Å². The molecule has 0 saturated carbocycles. The Labute approximate surface area is 123 Å². The average Bonchev–Trinajstić information content (AvgIpc) is 2.92. The molecule has 0 unspecified atom stereocenters. The normalized spacial score (nSPS) is 11.8. The largest absolute Gasteiger partial charge is 0.481 e.